The van der Waals surface area contributed by atoms with Gasteiger partial charge in [0.1, 0.15) is 0 Å². The number of imidazole rings is 1. The molecular weight excluding hydrogens is 354 g/mol. The van der Waals surface area contributed by atoms with Crippen molar-refractivity contribution >= 4 is 17.3 Å². The summed E-state index contributed by atoms with van der Waals surface area (Å²) in [6.45, 7) is 7.40. The van der Waals surface area contributed by atoms with E-state index in [1.54, 1.807) is 6.20 Å². The second kappa shape index (κ2) is 9.92. The van der Waals surface area contributed by atoms with Gasteiger partial charge in [-0.15, -0.1) is 11.3 Å². The van der Waals surface area contributed by atoms with Crippen LogP contribution in [0.15, 0.2) is 60.1 Å². The summed E-state index contributed by atoms with van der Waals surface area (Å²) in [5.74, 6) is 0.851. The second-order valence-corrected chi connectivity index (χ2v) is 7.58. The van der Waals surface area contributed by atoms with Crippen LogP contribution in [0.25, 0.3) is 0 Å². The van der Waals surface area contributed by atoms with Crippen LogP contribution in [-0.4, -0.2) is 22.1 Å². The molecule has 0 spiro atoms. The van der Waals surface area contributed by atoms with Gasteiger partial charge in [0, 0.05) is 35.2 Å². The minimum Gasteiger partial charge on any atom is -0.357 e. The summed E-state index contributed by atoms with van der Waals surface area (Å²) in [7, 11) is 0. The Balaban J connectivity index is 1.60. The molecule has 2 heterocycles. The summed E-state index contributed by atoms with van der Waals surface area (Å²) in [5, 5.41) is 6.76. The summed E-state index contributed by atoms with van der Waals surface area (Å²) < 4.78 is 2.07. The van der Waals surface area contributed by atoms with Gasteiger partial charge in [-0.25, -0.2) is 9.98 Å². The molecule has 0 aliphatic rings. The number of rotatable bonds is 8. The average molecular weight is 382 g/mol. The fourth-order valence-corrected chi connectivity index (χ4v) is 3.71. The van der Waals surface area contributed by atoms with Crippen LogP contribution in [0.4, 0.5) is 0 Å². The molecule has 3 aromatic rings. The largest absolute Gasteiger partial charge is 0.357 e. The van der Waals surface area contributed by atoms with E-state index in [0.717, 1.165) is 32.0 Å². The minimum atomic E-state index is 0.651. The number of hydrogen-bond donors (Lipinski definition) is 2. The predicted octanol–water partition coefficient (Wildman–Crippen LogP) is 3.81. The minimum absolute atomic E-state index is 0.651. The lowest BCUT2D eigenvalue weighted by molar-refractivity contribution is 0.794. The number of thiophene rings is 1. The van der Waals surface area contributed by atoms with Gasteiger partial charge in [0.15, 0.2) is 5.96 Å². The monoisotopic (exact) mass is 381 g/mol. The van der Waals surface area contributed by atoms with Crippen LogP contribution in [0, 0.1) is 0 Å². The normalized spacial score (nSPS) is 11.6. The van der Waals surface area contributed by atoms with E-state index in [1.165, 1.54) is 20.9 Å². The SMILES string of the molecule is CCNC(=NCc1cccc(Cn2ccnc2)c1)NCc1ccc(CC)s1. The lowest BCUT2D eigenvalue weighted by Gasteiger charge is -2.11. The van der Waals surface area contributed by atoms with E-state index in [4.69, 9.17) is 4.99 Å². The standard InChI is InChI=1S/C21H27N5S/c1-3-19-8-9-20(27-19)14-25-21(23-4-2)24-13-17-6-5-7-18(12-17)15-26-11-10-22-16-26/h5-12,16H,3-4,13-15H2,1-2H3,(H2,23,24,25). The van der Waals surface area contributed by atoms with E-state index in [2.05, 4.69) is 70.4 Å². The van der Waals surface area contributed by atoms with Gasteiger partial charge in [-0.2, -0.15) is 0 Å². The lowest BCUT2D eigenvalue weighted by atomic mass is 10.1. The number of guanidine groups is 1. The maximum Gasteiger partial charge on any atom is 0.191 e. The van der Waals surface area contributed by atoms with Crippen molar-refractivity contribution in [3.05, 3.63) is 76.0 Å². The highest BCUT2D eigenvalue weighted by molar-refractivity contribution is 7.11. The first-order valence-corrected chi connectivity index (χ1v) is 10.2. The number of aliphatic imine (C=N–C) groups is 1. The van der Waals surface area contributed by atoms with Gasteiger partial charge in [-0.1, -0.05) is 31.2 Å². The summed E-state index contributed by atoms with van der Waals surface area (Å²) >= 11 is 1.86. The van der Waals surface area contributed by atoms with Crippen LogP contribution in [0.5, 0.6) is 0 Å². The van der Waals surface area contributed by atoms with Crippen molar-refractivity contribution < 1.29 is 0 Å². The third kappa shape index (κ3) is 5.96. The highest BCUT2D eigenvalue weighted by Gasteiger charge is 2.02. The molecule has 0 saturated heterocycles. The highest BCUT2D eigenvalue weighted by atomic mass is 32.1. The fourth-order valence-electron chi connectivity index (χ4n) is 2.81. The molecule has 0 atom stereocenters. The zero-order chi connectivity index (χ0) is 18.9. The molecule has 0 aliphatic carbocycles. The number of nitrogens with one attached hydrogen (secondary N) is 2. The number of nitrogens with zero attached hydrogens (tertiary/aromatic N) is 3. The van der Waals surface area contributed by atoms with Crippen molar-refractivity contribution in [1.82, 2.24) is 20.2 Å². The van der Waals surface area contributed by atoms with Crippen molar-refractivity contribution in [2.75, 3.05) is 6.54 Å². The molecule has 0 unspecified atom stereocenters. The van der Waals surface area contributed by atoms with Crippen molar-refractivity contribution in [1.29, 1.82) is 0 Å². The Bertz CT molecular complexity index is 851. The Morgan fingerprint density at radius 3 is 2.70 bits per heavy atom. The van der Waals surface area contributed by atoms with E-state index in [9.17, 15) is 0 Å². The molecule has 0 saturated carbocycles. The van der Waals surface area contributed by atoms with E-state index in [1.807, 2.05) is 23.9 Å². The van der Waals surface area contributed by atoms with Crippen molar-refractivity contribution in [3.8, 4) is 0 Å². The van der Waals surface area contributed by atoms with Gasteiger partial charge in [0.25, 0.3) is 0 Å². The molecule has 0 amide bonds. The third-order valence-electron chi connectivity index (χ3n) is 4.18. The first kappa shape index (κ1) is 19.2. The third-order valence-corrected chi connectivity index (χ3v) is 5.41. The van der Waals surface area contributed by atoms with E-state index in [-0.39, 0.29) is 0 Å². The Morgan fingerprint density at radius 1 is 1.11 bits per heavy atom. The molecule has 142 valence electrons. The molecule has 2 N–H and O–H groups in total. The van der Waals surface area contributed by atoms with E-state index in [0.29, 0.717) is 6.54 Å². The Kier molecular flexibility index (Phi) is 7.04. The van der Waals surface area contributed by atoms with Crippen LogP contribution >= 0.6 is 11.3 Å². The van der Waals surface area contributed by atoms with Crippen LogP contribution < -0.4 is 10.6 Å². The first-order valence-electron chi connectivity index (χ1n) is 9.40. The maximum atomic E-state index is 4.74. The van der Waals surface area contributed by atoms with Gasteiger partial charge in [-0.05, 0) is 36.6 Å². The van der Waals surface area contributed by atoms with Crippen molar-refractivity contribution in [2.24, 2.45) is 4.99 Å². The van der Waals surface area contributed by atoms with Gasteiger partial charge in [0.05, 0.1) is 19.4 Å². The molecule has 0 radical (unpaired) electrons. The molecule has 6 heteroatoms. The quantitative estimate of drug-likeness (QED) is 0.461. The van der Waals surface area contributed by atoms with E-state index < -0.39 is 0 Å². The number of aromatic nitrogens is 2. The zero-order valence-corrected chi connectivity index (χ0v) is 16.8. The molecule has 2 aromatic heterocycles. The van der Waals surface area contributed by atoms with Gasteiger partial charge >= 0.3 is 0 Å². The Labute approximate surface area is 165 Å². The fraction of sp³-hybridized carbons (Fsp3) is 0.333. The van der Waals surface area contributed by atoms with Crippen LogP contribution in [-0.2, 0) is 26.1 Å². The van der Waals surface area contributed by atoms with E-state index >= 15 is 0 Å². The Morgan fingerprint density at radius 2 is 1.96 bits per heavy atom. The summed E-state index contributed by atoms with van der Waals surface area (Å²) in [4.78, 5) is 11.6. The molecule has 3 rings (SSSR count). The number of aryl methyl sites for hydroxylation is 1. The predicted molar refractivity (Wildman–Crippen MR) is 113 cm³/mol. The van der Waals surface area contributed by atoms with Crippen LogP contribution in [0.1, 0.15) is 34.7 Å². The number of benzene rings is 1. The molecule has 5 nitrogen and oxygen atoms in total. The summed E-state index contributed by atoms with van der Waals surface area (Å²) in [5.41, 5.74) is 2.46. The van der Waals surface area contributed by atoms with Crippen molar-refractivity contribution in [3.63, 3.8) is 0 Å². The first-order chi connectivity index (χ1) is 13.3. The van der Waals surface area contributed by atoms with Crippen LogP contribution in [0.3, 0.4) is 0 Å². The molecule has 0 fully saturated rings. The molecule has 0 bridgehead atoms. The average Bonchev–Trinajstić information content (AvgIpc) is 3.36. The van der Waals surface area contributed by atoms with Gasteiger partial charge < -0.3 is 15.2 Å². The maximum absolute atomic E-state index is 4.74. The Hall–Kier alpha value is -2.60. The number of hydrogen-bond acceptors (Lipinski definition) is 3. The van der Waals surface area contributed by atoms with Gasteiger partial charge in [-0.3, -0.25) is 0 Å². The van der Waals surface area contributed by atoms with Crippen LogP contribution in [0.2, 0.25) is 0 Å². The highest BCUT2D eigenvalue weighted by Crippen LogP contribution is 2.16. The second-order valence-electron chi connectivity index (χ2n) is 6.33. The molecule has 27 heavy (non-hydrogen) atoms. The lowest BCUT2D eigenvalue weighted by Crippen LogP contribution is -2.36. The smallest absolute Gasteiger partial charge is 0.191 e. The summed E-state index contributed by atoms with van der Waals surface area (Å²) in [6.07, 6.45) is 6.72. The zero-order valence-electron chi connectivity index (χ0n) is 16.0. The molecule has 0 aliphatic heterocycles. The molecule has 1 aromatic carbocycles. The van der Waals surface area contributed by atoms with Crippen molar-refractivity contribution in [2.45, 2.75) is 39.9 Å². The topological polar surface area (TPSA) is 54.2 Å². The summed E-state index contributed by atoms with van der Waals surface area (Å²) in [6, 6.07) is 13.0. The van der Waals surface area contributed by atoms with Gasteiger partial charge in [0.2, 0.25) is 0 Å². The molecular formula is C21H27N5S.